The van der Waals surface area contributed by atoms with Gasteiger partial charge in [0.05, 0.1) is 11.6 Å². The van der Waals surface area contributed by atoms with Crippen molar-refractivity contribution in [2.75, 3.05) is 26.7 Å². The Balaban J connectivity index is 1.27. The molecule has 2 fully saturated rings. The third kappa shape index (κ3) is 3.21. The third-order valence-electron chi connectivity index (χ3n) is 5.99. The fraction of sp³-hybridized carbons (Fsp3) is 0.364. The number of rotatable bonds is 3. The summed E-state index contributed by atoms with van der Waals surface area (Å²) in [6, 6.07) is 13.6. The second-order valence-corrected chi connectivity index (χ2v) is 8.30. The van der Waals surface area contributed by atoms with E-state index in [0.29, 0.717) is 17.3 Å². The van der Waals surface area contributed by atoms with E-state index in [1.807, 2.05) is 54.3 Å². The number of hydrogen-bond donors (Lipinski definition) is 0. The van der Waals surface area contributed by atoms with E-state index in [-0.39, 0.29) is 17.4 Å². The molecule has 4 heterocycles. The second-order valence-electron chi connectivity index (χ2n) is 8.30. The maximum atomic E-state index is 12.7. The van der Waals surface area contributed by atoms with Crippen LogP contribution in [0.3, 0.4) is 0 Å². The SMILES string of the molecule is Cc1ccc(C(=O)N2CC3(C[C@@H](c4nnc(-c5ccccc5)o4)N(C)C3)C2)cn1. The van der Waals surface area contributed by atoms with Crippen LogP contribution in [0.1, 0.15) is 34.4 Å². The highest BCUT2D eigenvalue weighted by Crippen LogP contribution is 2.47. The lowest BCUT2D eigenvalue weighted by molar-refractivity contribution is 0.0114. The average molecular weight is 389 g/mol. The maximum absolute atomic E-state index is 12.7. The second kappa shape index (κ2) is 6.77. The molecule has 1 aromatic carbocycles. The number of aromatic nitrogens is 3. The summed E-state index contributed by atoms with van der Waals surface area (Å²) in [5.41, 5.74) is 2.58. The average Bonchev–Trinajstić information content (AvgIpc) is 3.32. The Morgan fingerprint density at radius 2 is 1.90 bits per heavy atom. The third-order valence-corrected chi connectivity index (χ3v) is 5.99. The molecule has 29 heavy (non-hydrogen) atoms. The van der Waals surface area contributed by atoms with Gasteiger partial charge in [-0.2, -0.15) is 0 Å². The molecule has 0 N–H and O–H groups in total. The Morgan fingerprint density at radius 1 is 1.10 bits per heavy atom. The minimum absolute atomic E-state index is 0.0541. The number of pyridine rings is 1. The van der Waals surface area contributed by atoms with Crippen molar-refractivity contribution in [1.29, 1.82) is 0 Å². The van der Waals surface area contributed by atoms with E-state index in [0.717, 1.165) is 37.3 Å². The van der Waals surface area contributed by atoms with Gasteiger partial charge < -0.3 is 9.32 Å². The maximum Gasteiger partial charge on any atom is 0.255 e. The van der Waals surface area contributed by atoms with Gasteiger partial charge in [-0.15, -0.1) is 10.2 Å². The summed E-state index contributed by atoms with van der Waals surface area (Å²) >= 11 is 0. The van der Waals surface area contributed by atoms with E-state index in [2.05, 4.69) is 27.1 Å². The van der Waals surface area contributed by atoms with Gasteiger partial charge in [-0.25, -0.2) is 0 Å². The highest BCUT2D eigenvalue weighted by molar-refractivity contribution is 5.94. The molecular formula is C22H23N5O2. The van der Waals surface area contributed by atoms with Crippen molar-refractivity contribution in [3.63, 3.8) is 0 Å². The highest BCUT2D eigenvalue weighted by atomic mass is 16.4. The van der Waals surface area contributed by atoms with E-state index in [1.54, 1.807) is 6.20 Å². The van der Waals surface area contributed by atoms with Gasteiger partial charge >= 0.3 is 0 Å². The number of nitrogens with zero attached hydrogens (tertiary/aromatic N) is 5. The molecule has 7 nitrogen and oxygen atoms in total. The first kappa shape index (κ1) is 18.0. The van der Waals surface area contributed by atoms with Gasteiger partial charge in [0.1, 0.15) is 0 Å². The lowest BCUT2D eigenvalue weighted by Crippen LogP contribution is -2.59. The molecule has 1 amide bonds. The van der Waals surface area contributed by atoms with Crippen LogP contribution in [0.5, 0.6) is 0 Å². The van der Waals surface area contributed by atoms with Crippen LogP contribution in [0, 0.1) is 12.3 Å². The molecule has 1 atom stereocenters. The Kier molecular flexibility index (Phi) is 4.20. The lowest BCUT2D eigenvalue weighted by Gasteiger charge is -2.48. The van der Waals surface area contributed by atoms with Gasteiger partial charge in [0.25, 0.3) is 5.91 Å². The normalized spacial score (nSPS) is 20.8. The molecule has 2 aromatic heterocycles. The van der Waals surface area contributed by atoms with Gasteiger partial charge in [-0.3, -0.25) is 14.7 Å². The fourth-order valence-corrected chi connectivity index (χ4v) is 4.53. The summed E-state index contributed by atoms with van der Waals surface area (Å²) < 4.78 is 5.99. The van der Waals surface area contributed by atoms with Crippen LogP contribution in [0.4, 0.5) is 0 Å². The van der Waals surface area contributed by atoms with Gasteiger partial charge in [0, 0.05) is 42.5 Å². The molecule has 1 spiro atoms. The van der Waals surface area contributed by atoms with Crippen LogP contribution in [0.25, 0.3) is 11.5 Å². The number of carbonyl (C=O) groups excluding carboxylic acids is 1. The first-order valence-corrected chi connectivity index (χ1v) is 9.84. The minimum atomic E-state index is 0.0541. The van der Waals surface area contributed by atoms with Crippen LogP contribution < -0.4 is 0 Å². The number of likely N-dealkylation sites (tertiary alicyclic amines) is 2. The van der Waals surface area contributed by atoms with E-state index in [9.17, 15) is 4.79 Å². The van der Waals surface area contributed by atoms with Gasteiger partial charge in [0.15, 0.2) is 0 Å². The van der Waals surface area contributed by atoms with Crippen molar-refractivity contribution in [1.82, 2.24) is 25.0 Å². The molecule has 3 aromatic rings. The molecule has 0 radical (unpaired) electrons. The molecular weight excluding hydrogens is 366 g/mol. The van der Waals surface area contributed by atoms with Crippen LogP contribution in [0.15, 0.2) is 53.1 Å². The van der Waals surface area contributed by atoms with E-state index >= 15 is 0 Å². The van der Waals surface area contributed by atoms with Crippen molar-refractivity contribution < 1.29 is 9.21 Å². The van der Waals surface area contributed by atoms with Gasteiger partial charge in [-0.1, -0.05) is 18.2 Å². The summed E-state index contributed by atoms with van der Waals surface area (Å²) in [5.74, 6) is 1.25. The lowest BCUT2D eigenvalue weighted by atomic mass is 9.77. The molecule has 0 bridgehead atoms. The van der Waals surface area contributed by atoms with Crippen LogP contribution >= 0.6 is 0 Å². The highest BCUT2D eigenvalue weighted by Gasteiger charge is 2.53. The summed E-state index contributed by atoms with van der Waals surface area (Å²) in [6.07, 6.45) is 2.58. The molecule has 2 aliphatic rings. The topological polar surface area (TPSA) is 75.4 Å². The van der Waals surface area contributed by atoms with Gasteiger partial charge in [0.2, 0.25) is 11.8 Å². The Labute approximate surface area is 169 Å². The Hall–Kier alpha value is -3.06. The quantitative estimate of drug-likeness (QED) is 0.686. The molecule has 0 unspecified atom stereocenters. The molecule has 0 saturated carbocycles. The van der Waals surface area contributed by atoms with Crippen molar-refractivity contribution in [3.05, 3.63) is 65.8 Å². The molecule has 5 rings (SSSR count). The number of hydrogen-bond acceptors (Lipinski definition) is 6. The minimum Gasteiger partial charge on any atom is -0.419 e. The molecule has 2 saturated heterocycles. The predicted molar refractivity (Wildman–Crippen MR) is 107 cm³/mol. The van der Waals surface area contributed by atoms with Crippen molar-refractivity contribution in [2.24, 2.45) is 5.41 Å². The van der Waals surface area contributed by atoms with Crippen molar-refractivity contribution in [3.8, 4) is 11.5 Å². The van der Waals surface area contributed by atoms with Crippen molar-refractivity contribution in [2.45, 2.75) is 19.4 Å². The molecule has 148 valence electrons. The van der Waals surface area contributed by atoms with E-state index in [1.165, 1.54) is 0 Å². The Morgan fingerprint density at radius 3 is 2.62 bits per heavy atom. The van der Waals surface area contributed by atoms with Gasteiger partial charge in [-0.05, 0) is 44.7 Å². The van der Waals surface area contributed by atoms with E-state index in [4.69, 9.17) is 4.42 Å². The number of carbonyl (C=O) groups is 1. The summed E-state index contributed by atoms with van der Waals surface area (Å²) in [4.78, 5) is 21.1. The van der Waals surface area contributed by atoms with E-state index < -0.39 is 0 Å². The summed E-state index contributed by atoms with van der Waals surface area (Å²) in [7, 11) is 2.08. The number of amides is 1. The fourth-order valence-electron chi connectivity index (χ4n) is 4.53. The largest absolute Gasteiger partial charge is 0.419 e. The number of aryl methyl sites for hydroxylation is 1. The van der Waals surface area contributed by atoms with Crippen LogP contribution in [-0.4, -0.2) is 57.6 Å². The Bertz CT molecular complexity index is 1020. The standard InChI is InChI=1S/C22H23N5O2/c1-15-8-9-17(11-23-15)21(28)27-13-22(14-27)10-18(26(2)12-22)20-25-24-19(29-20)16-6-4-3-5-7-16/h3-9,11,18H,10,12-14H2,1-2H3/t18-/m0/s1. The zero-order valence-electron chi connectivity index (χ0n) is 16.6. The predicted octanol–water partition coefficient (Wildman–Crippen LogP) is 2.96. The van der Waals surface area contributed by atoms with Crippen LogP contribution in [-0.2, 0) is 0 Å². The summed E-state index contributed by atoms with van der Waals surface area (Å²) in [5, 5.41) is 8.54. The number of benzene rings is 1. The molecule has 0 aliphatic carbocycles. The first-order valence-electron chi connectivity index (χ1n) is 9.84. The van der Waals surface area contributed by atoms with Crippen LogP contribution in [0.2, 0.25) is 0 Å². The molecule has 2 aliphatic heterocycles. The van der Waals surface area contributed by atoms with Crippen molar-refractivity contribution >= 4 is 5.91 Å². The molecule has 7 heteroatoms. The zero-order valence-corrected chi connectivity index (χ0v) is 16.6. The zero-order chi connectivity index (χ0) is 20.0. The smallest absolute Gasteiger partial charge is 0.255 e. The first-order chi connectivity index (χ1) is 14.0. The monoisotopic (exact) mass is 389 g/mol. The summed E-state index contributed by atoms with van der Waals surface area (Å²) in [6.45, 7) is 4.33.